The molecular formula is C26H19BrClF3N2O3. The van der Waals surface area contributed by atoms with Gasteiger partial charge in [0.25, 0.3) is 5.91 Å². The number of anilines is 1. The molecule has 0 aliphatic heterocycles. The summed E-state index contributed by atoms with van der Waals surface area (Å²) in [5.74, 6) is -0.268. The molecule has 0 atom stereocenters. The van der Waals surface area contributed by atoms with Gasteiger partial charge >= 0.3 is 6.18 Å². The maximum Gasteiger partial charge on any atom is 0.416 e. The Hall–Kier alpha value is -3.48. The van der Waals surface area contributed by atoms with E-state index in [-0.39, 0.29) is 22.9 Å². The average Bonchev–Trinajstić information content (AvgIpc) is 2.83. The highest BCUT2D eigenvalue weighted by Gasteiger charge is 2.30. The quantitative estimate of drug-likeness (QED) is 0.220. The number of halogens is 5. The number of rotatable bonds is 8. The van der Waals surface area contributed by atoms with Gasteiger partial charge in [0.2, 0.25) is 0 Å². The number of hydrogen-bond acceptors (Lipinski definition) is 4. The minimum absolute atomic E-state index is 0.0966. The normalized spacial score (nSPS) is 11.5. The molecular weight excluding hydrogens is 561 g/mol. The van der Waals surface area contributed by atoms with Gasteiger partial charge in [0, 0.05) is 10.2 Å². The Balaban J connectivity index is 1.84. The van der Waals surface area contributed by atoms with Crippen LogP contribution in [0.1, 0.15) is 23.6 Å². The van der Waals surface area contributed by atoms with Gasteiger partial charge in [-0.1, -0.05) is 45.7 Å². The highest BCUT2D eigenvalue weighted by Crippen LogP contribution is 2.38. The van der Waals surface area contributed by atoms with Crippen molar-refractivity contribution in [2.45, 2.75) is 19.7 Å². The van der Waals surface area contributed by atoms with Gasteiger partial charge in [-0.15, -0.1) is 0 Å². The molecule has 0 radical (unpaired) electrons. The molecule has 1 amide bonds. The SMILES string of the molecule is CCOc1cc(/C=C(\C#N)C(=O)Nc2cccc(C(F)(F)F)c2)cc(Cl)c1OCc1ccc(Br)cc1. The van der Waals surface area contributed by atoms with E-state index < -0.39 is 17.6 Å². The maximum absolute atomic E-state index is 12.9. The Bertz CT molecular complexity index is 1320. The van der Waals surface area contributed by atoms with Crippen LogP contribution in [0, 0.1) is 11.3 Å². The zero-order chi connectivity index (χ0) is 26.3. The Labute approximate surface area is 219 Å². The van der Waals surface area contributed by atoms with Crippen molar-refractivity contribution in [3.05, 3.63) is 92.4 Å². The summed E-state index contributed by atoms with van der Waals surface area (Å²) in [6.07, 6.45) is -3.31. The number of nitrogens with zero attached hydrogens (tertiary/aromatic N) is 1. The van der Waals surface area contributed by atoms with E-state index in [4.69, 9.17) is 21.1 Å². The van der Waals surface area contributed by atoms with Crippen molar-refractivity contribution in [1.29, 1.82) is 5.26 Å². The standard InChI is InChI=1S/C26H19BrClF3N2O3/c1-2-35-23-12-17(11-22(28)24(23)36-15-16-6-8-20(27)9-7-16)10-18(14-32)25(34)33-21-5-3-4-19(13-21)26(29,30)31/h3-13H,2,15H2,1H3,(H,33,34)/b18-10+. The fourth-order valence-electron chi connectivity index (χ4n) is 3.10. The van der Waals surface area contributed by atoms with Gasteiger partial charge in [-0.2, -0.15) is 18.4 Å². The van der Waals surface area contributed by atoms with E-state index in [1.165, 1.54) is 18.2 Å². The van der Waals surface area contributed by atoms with Crippen LogP contribution in [0.2, 0.25) is 5.02 Å². The van der Waals surface area contributed by atoms with E-state index >= 15 is 0 Å². The minimum atomic E-state index is -4.57. The van der Waals surface area contributed by atoms with Crippen LogP contribution in [0.4, 0.5) is 18.9 Å². The molecule has 10 heteroatoms. The average molecular weight is 580 g/mol. The Morgan fingerprint density at radius 3 is 2.50 bits per heavy atom. The van der Waals surface area contributed by atoms with Crippen LogP contribution in [0.25, 0.3) is 6.08 Å². The number of carbonyl (C=O) groups is 1. The van der Waals surface area contributed by atoms with E-state index in [1.54, 1.807) is 19.1 Å². The smallest absolute Gasteiger partial charge is 0.416 e. The van der Waals surface area contributed by atoms with Crippen molar-refractivity contribution in [3.63, 3.8) is 0 Å². The van der Waals surface area contributed by atoms with Gasteiger partial charge in [0.05, 0.1) is 17.2 Å². The molecule has 5 nitrogen and oxygen atoms in total. The Kier molecular flexibility index (Phi) is 9.02. The summed E-state index contributed by atoms with van der Waals surface area (Å²) < 4.78 is 51.3. The molecule has 0 aromatic heterocycles. The van der Waals surface area contributed by atoms with Gasteiger partial charge in [0.1, 0.15) is 18.2 Å². The molecule has 3 rings (SSSR count). The molecule has 1 N–H and O–H groups in total. The van der Waals surface area contributed by atoms with E-state index in [9.17, 15) is 23.2 Å². The second kappa shape index (κ2) is 12.0. The topological polar surface area (TPSA) is 71.3 Å². The highest BCUT2D eigenvalue weighted by atomic mass is 79.9. The fraction of sp³-hybridized carbons (Fsp3) is 0.154. The van der Waals surface area contributed by atoms with Crippen molar-refractivity contribution in [3.8, 4) is 17.6 Å². The van der Waals surface area contributed by atoms with Crippen LogP contribution in [-0.2, 0) is 17.6 Å². The minimum Gasteiger partial charge on any atom is -0.490 e. The predicted octanol–water partition coefficient (Wildman–Crippen LogP) is 7.64. The van der Waals surface area contributed by atoms with Crippen LogP contribution in [-0.4, -0.2) is 12.5 Å². The maximum atomic E-state index is 12.9. The third-order valence-electron chi connectivity index (χ3n) is 4.75. The predicted molar refractivity (Wildman–Crippen MR) is 135 cm³/mol. The van der Waals surface area contributed by atoms with Crippen molar-refractivity contribution < 1.29 is 27.4 Å². The molecule has 0 fully saturated rings. The van der Waals surface area contributed by atoms with Gasteiger partial charge in [-0.3, -0.25) is 4.79 Å². The van der Waals surface area contributed by atoms with E-state index in [1.807, 2.05) is 24.3 Å². The number of carbonyl (C=O) groups excluding carboxylic acids is 1. The highest BCUT2D eigenvalue weighted by molar-refractivity contribution is 9.10. The summed E-state index contributed by atoms with van der Waals surface area (Å²) in [5.41, 5.74) is -0.0845. The van der Waals surface area contributed by atoms with Crippen molar-refractivity contribution in [1.82, 2.24) is 0 Å². The van der Waals surface area contributed by atoms with Crippen molar-refractivity contribution in [2.24, 2.45) is 0 Å². The number of nitrogens with one attached hydrogen (secondary N) is 1. The summed E-state index contributed by atoms with van der Waals surface area (Å²) in [6, 6.07) is 16.5. The molecule has 0 heterocycles. The van der Waals surface area contributed by atoms with Gasteiger partial charge in [-0.05, 0) is 66.6 Å². The van der Waals surface area contributed by atoms with Gasteiger partial charge < -0.3 is 14.8 Å². The zero-order valence-corrected chi connectivity index (χ0v) is 21.2. The summed E-state index contributed by atoms with van der Waals surface area (Å²) in [4.78, 5) is 12.6. The van der Waals surface area contributed by atoms with E-state index in [2.05, 4.69) is 21.2 Å². The lowest BCUT2D eigenvalue weighted by atomic mass is 10.1. The first-order valence-corrected chi connectivity index (χ1v) is 11.7. The summed E-state index contributed by atoms with van der Waals surface area (Å²) in [5, 5.41) is 12.0. The van der Waals surface area contributed by atoms with E-state index in [0.717, 1.165) is 28.2 Å². The fourth-order valence-corrected chi connectivity index (χ4v) is 3.64. The van der Waals surface area contributed by atoms with Crippen molar-refractivity contribution >= 4 is 45.2 Å². The Morgan fingerprint density at radius 1 is 1.14 bits per heavy atom. The van der Waals surface area contributed by atoms with Crippen LogP contribution < -0.4 is 14.8 Å². The van der Waals surface area contributed by atoms with Gasteiger partial charge in [-0.25, -0.2) is 0 Å². The number of benzene rings is 3. The van der Waals surface area contributed by atoms with Crippen LogP contribution in [0.3, 0.4) is 0 Å². The summed E-state index contributed by atoms with van der Waals surface area (Å²) >= 11 is 9.80. The molecule has 0 saturated heterocycles. The third kappa shape index (κ3) is 7.26. The second-order valence-corrected chi connectivity index (χ2v) is 8.70. The number of alkyl halides is 3. The van der Waals surface area contributed by atoms with Crippen molar-refractivity contribution in [2.75, 3.05) is 11.9 Å². The lowest BCUT2D eigenvalue weighted by Gasteiger charge is -2.15. The lowest BCUT2D eigenvalue weighted by molar-refractivity contribution is -0.137. The monoisotopic (exact) mass is 578 g/mol. The lowest BCUT2D eigenvalue weighted by Crippen LogP contribution is -2.14. The second-order valence-electron chi connectivity index (χ2n) is 7.38. The first-order chi connectivity index (χ1) is 17.1. The first-order valence-electron chi connectivity index (χ1n) is 10.5. The van der Waals surface area contributed by atoms with E-state index in [0.29, 0.717) is 23.7 Å². The molecule has 3 aromatic rings. The molecule has 36 heavy (non-hydrogen) atoms. The number of amides is 1. The number of hydrogen-bond donors (Lipinski definition) is 1. The summed E-state index contributed by atoms with van der Waals surface area (Å²) in [7, 11) is 0. The molecule has 3 aromatic carbocycles. The molecule has 0 saturated carbocycles. The molecule has 0 spiro atoms. The molecule has 0 aliphatic rings. The third-order valence-corrected chi connectivity index (χ3v) is 5.56. The van der Waals surface area contributed by atoms with Crippen LogP contribution in [0.5, 0.6) is 11.5 Å². The molecule has 186 valence electrons. The Morgan fingerprint density at radius 2 is 1.86 bits per heavy atom. The molecule has 0 aliphatic carbocycles. The number of ether oxygens (including phenoxy) is 2. The van der Waals surface area contributed by atoms with Gasteiger partial charge in [0.15, 0.2) is 11.5 Å². The molecule has 0 unspecified atom stereocenters. The summed E-state index contributed by atoms with van der Waals surface area (Å²) in [6.45, 7) is 2.31. The van der Waals surface area contributed by atoms with Crippen LogP contribution >= 0.6 is 27.5 Å². The molecule has 0 bridgehead atoms. The van der Waals surface area contributed by atoms with Crippen LogP contribution in [0.15, 0.2) is 70.7 Å². The largest absolute Gasteiger partial charge is 0.490 e. The first kappa shape index (κ1) is 27.1. The zero-order valence-electron chi connectivity index (χ0n) is 18.8. The number of nitriles is 1.